The van der Waals surface area contributed by atoms with E-state index >= 15 is 0 Å². The molecule has 1 saturated heterocycles. The molecule has 1 aliphatic rings. The minimum atomic E-state index is 0.593. The summed E-state index contributed by atoms with van der Waals surface area (Å²) in [6, 6.07) is 0.593. The molecule has 4 nitrogen and oxygen atoms in total. The second kappa shape index (κ2) is 4.55. The van der Waals surface area contributed by atoms with Gasteiger partial charge in [-0.3, -0.25) is 0 Å². The lowest BCUT2D eigenvalue weighted by Gasteiger charge is -2.23. The molecule has 1 N–H and O–H groups in total. The molecule has 1 atom stereocenters. The van der Waals surface area contributed by atoms with Gasteiger partial charge in [0.2, 0.25) is 0 Å². The smallest absolute Gasteiger partial charge is 0.0725 e. The molecule has 1 fully saturated rings. The molecule has 2 heterocycles. The lowest BCUT2D eigenvalue weighted by molar-refractivity contribution is 0.344. The highest BCUT2D eigenvalue weighted by Gasteiger charge is 2.14. The first-order valence-corrected chi connectivity index (χ1v) is 5.51. The van der Waals surface area contributed by atoms with Gasteiger partial charge < -0.3 is 5.32 Å². The highest BCUT2D eigenvalue weighted by Crippen LogP contribution is 2.09. The number of nitrogens with one attached hydrogen (secondary N) is 1. The summed E-state index contributed by atoms with van der Waals surface area (Å²) in [4.78, 5) is 0. The zero-order valence-corrected chi connectivity index (χ0v) is 8.74. The molecule has 1 unspecified atom stereocenters. The van der Waals surface area contributed by atoms with Gasteiger partial charge in [0.1, 0.15) is 0 Å². The molecule has 1 aromatic heterocycles. The molecule has 14 heavy (non-hydrogen) atoms. The Labute approximate surface area is 84.7 Å². The summed E-state index contributed by atoms with van der Waals surface area (Å²) in [6.07, 6.45) is 6.80. The number of piperidine rings is 1. The third-order valence-electron chi connectivity index (χ3n) is 2.87. The Balaban J connectivity index is 1.95. The van der Waals surface area contributed by atoms with E-state index in [1.807, 2.05) is 10.9 Å². The Morgan fingerprint density at radius 2 is 2.50 bits per heavy atom. The standard InChI is InChI=1S/C10H18N4/c1-2-10-7-12-13-14(10)8-9-5-3-4-6-11-9/h7,9,11H,2-6,8H2,1H3. The Hall–Kier alpha value is -0.900. The van der Waals surface area contributed by atoms with Gasteiger partial charge >= 0.3 is 0 Å². The topological polar surface area (TPSA) is 42.7 Å². The van der Waals surface area contributed by atoms with Crippen LogP contribution in [0.3, 0.4) is 0 Å². The Kier molecular flexibility index (Phi) is 3.14. The molecule has 0 spiro atoms. The third kappa shape index (κ3) is 2.12. The Bertz CT molecular complexity index is 275. The molecule has 0 amide bonds. The Morgan fingerprint density at radius 3 is 3.21 bits per heavy atom. The van der Waals surface area contributed by atoms with Crippen LogP contribution in [0.15, 0.2) is 6.20 Å². The lowest BCUT2D eigenvalue weighted by Crippen LogP contribution is -2.37. The normalized spacial score (nSPS) is 22.5. The van der Waals surface area contributed by atoms with Crippen LogP contribution < -0.4 is 5.32 Å². The molecular formula is C10H18N4. The van der Waals surface area contributed by atoms with Gasteiger partial charge in [-0.2, -0.15) is 0 Å². The van der Waals surface area contributed by atoms with E-state index in [4.69, 9.17) is 0 Å². The van der Waals surface area contributed by atoms with Crippen LogP contribution in [0.1, 0.15) is 31.9 Å². The predicted octanol–water partition coefficient (Wildman–Crippen LogP) is 0.983. The molecule has 78 valence electrons. The number of nitrogens with zero attached hydrogens (tertiary/aromatic N) is 3. The number of rotatable bonds is 3. The van der Waals surface area contributed by atoms with Crippen molar-refractivity contribution in [3.05, 3.63) is 11.9 Å². The second-order valence-corrected chi connectivity index (χ2v) is 3.91. The molecule has 0 bridgehead atoms. The van der Waals surface area contributed by atoms with Gasteiger partial charge in [0.05, 0.1) is 18.4 Å². The maximum atomic E-state index is 4.11. The maximum Gasteiger partial charge on any atom is 0.0725 e. The minimum absolute atomic E-state index is 0.593. The summed E-state index contributed by atoms with van der Waals surface area (Å²) in [5, 5.41) is 11.6. The van der Waals surface area contributed by atoms with Crippen LogP contribution in [0, 0.1) is 0 Å². The average Bonchev–Trinajstić information content (AvgIpc) is 2.67. The SMILES string of the molecule is CCc1cnnn1CC1CCCCN1. The van der Waals surface area contributed by atoms with Crippen LogP contribution in [0.25, 0.3) is 0 Å². The van der Waals surface area contributed by atoms with Crippen molar-refractivity contribution in [1.29, 1.82) is 0 Å². The average molecular weight is 194 g/mol. The molecular weight excluding hydrogens is 176 g/mol. The highest BCUT2D eigenvalue weighted by atomic mass is 15.4. The van der Waals surface area contributed by atoms with Crippen LogP contribution in [0.2, 0.25) is 0 Å². The molecule has 0 aliphatic carbocycles. The first kappa shape index (κ1) is 9.65. The van der Waals surface area contributed by atoms with Crippen LogP contribution in [0.4, 0.5) is 0 Å². The van der Waals surface area contributed by atoms with Crippen LogP contribution in [0.5, 0.6) is 0 Å². The van der Waals surface area contributed by atoms with Crippen LogP contribution in [-0.4, -0.2) is 27.6 Å². The fourth-order valence-electron chi connectivity index (χ4n) is 2.00. The van der Waals surface area contributed by atoms with Gasteiger partial charge in [0.15, 0.2) is 0 Å². The predicted molar refractivity (Wildman–Crippen MR) is 55.0 cm³/mol. The summed E-state index contributed by atoms with van der Waals surface area (Å²) in [6.45, 7) is 4.27. The van der Waals surface area contributed by atoms with Crippen molar-refractivity contribution < 1.29 is 0 Å². The Morgan fingerprint density at radius 1 is 1.57 bits per heavy atom. The van der Waals surface area contributed by atoms with E-state index in [0.717, 1.165) is 19.5 Å². The molecule has 0 saturated carbocycles. The largest absolute Gasteiger partial charge is 0.312 e. The lowest BCUT2D eigenvalue weighted by atomic mass is 10.1. The molecule has 1 aromatic rings. The summed E-state index contributed by atoms with van der Waals surface area (Å²) in [5.74, 6) is 0. The summed E-state index contributed by atoms with van der Waals surface area (Å²) < 4.78 is 2.03. The third-order valence-corrected chi connectivity index (χ3v) is 2.87. The zero-order valence-electron chi connectivity index (χ0n) is 8.74. The van der Waals surface area contributed by atoms with E-state index in [1.54, 1.807) is 0 Å². The number of aryl methyl sites for hydroxylation is 1. The number of aromatic nitrogens is 3. The van der Waals surface area contributed by atoms with Gasteiger partial charge in [0.25, 0.3) is 0 Å². The second-order valence-electron chi connectivity index (χ2n) is 3.91. The first-order chi connectivity index (χ1) is 6.90. The van der Waals surface area contributed by atoms with Gasteiger partial charge in [-0.05, 0) is 25.8 Å². The number of hydrogen-bond acceptors (Lipinski definition) is 3. The van der Waals surface area contributed by atoms with Crippen molar-refractivity contribution in [2.75, 3.05) is 6.54 Å². The fraction of sp³-hybridized carbons (Fsp3) is 0.800. The number of hydrogen-bond donors (Lipinski definition) is 1. The van der Waals surface area contributed by atoms with Crippen molar-refractivity contribution >= 4 is 0 Å². The van der Waals surface area contributed by atoms with E-state index in [1.165, 1.54) is 25.0 Å². The monoisotopic (exact) mass is 194 g/mol. The van der Waals surface area contributed by atoms with Gasteiger partial charge in [-0.1, -0.05) is 18.6 Å². The van der Waals surface area contributed by atoms with Crippen molar-refractivity contribution in [2.24, 2.45) is 0 Å². The van der Waals surface area contributed by atoms with Crippen molar-refractivity contribution in [1.82, 2.24) is 20.3 Å². The summed E-state index contributed by atoms with van der Waals surface area (Å²) in [7, 11) is 0. The quantitative estimate of drug-likeness (QED) is 0.780. The molecule has 1 aliphatic heterocycles. The van der Waals surface area contributed by atoms with Crippen LogP contribution >= 0.6 is 0 Å². The highest BCUT2D eigenvalue weighted by molar-refractivity contribution is 4.93. The maximum absolute atomic E-state index is 4.11. The van der Waals surface area contributed by atoms with E-state index in [9.17, 15) is 0 Å². The van der Waals surface area contributed by atoms with Crippen molar-refractivity contribution in [3.63, 3.8) is 0 Å². The molecule has 0 radical (unpaired) electrons. The first-order valence-electron chi connectivity index (χ1n) is 5.51. The van der Waals surface area contributed by atoms with Crippen molar-refractivity contribution in [3.8, 4) is 0 Å². The van der Waals surface area contributed by atoms with E-state index in [-0.39, 0.29) is 0 Å². The van der Waals surface area contributed by atoms with E-state index in [2.05, 4.69) is 22.6 Å². The zero-order chi connectivity index (χ0) is 9.80. The van der Waals surface area contributed by atoms with E-state index < -0.39 is 0 Å². The van der Waals surface area contributed by atoms with Gasteiger partial charge in [0, 0.05) is 6.04 Å². The summed E-state index contributed by atoms with van der Waals surface area (Å²) >= 11 is 0. The van der Waals surface area contributed by atoms with Crippen LogP contribution in [-0.2, 0) is 13.0 Å². The van der Waals surface area contributed by atoms with Gasteiger partial charge in [-0.15, -0.1) is 5.10 Å². The molecule has 2 rings (SSSR count). The molecule has 4 heteroatoms. The molecule has 0 aromatic carbocycles. The minimum Gasteiger partial charge on any atom is -0.312 e. The fourth-order valence-corrected chi connectivity index (χ4v) is 2.00. The van der Waals surface area contributed by atoms with Crippen molar-refractivity contribution in [2.45, 2.75) is 45.2 Å². The summed E-state index contributed by atoms with van der Waals surface area (Å²) in [5.41, 5.74) is 1.23. The van der Waals surface area contributed by atoms with Gasteiger partial charge in [-0.25, -0.2) is 4.68 Å². The van der Waals surface area contributed by atoms with E-state index in [0.29, 0.717) is 6.04 Å².